The van der Waals surface area contributed by atoms with Crippen molar-refractivity contribution in [2.45, 2.75) is 6.92 Å². The third kappa shape index (κ3) is 3.33. The molecule has 2 rings (SSSR count). The van der Waals surface area contributed by atoms with Gasteiger partial charge in [0.15, 0.2) is 0 Å². The molecule has 1 N–H and O–H groups in total. The summed E-state index contributed by atoms with van der Waals surface area (Å²) >= 11 is 5.48. The summed E-state index contributed by atoms with van der Waals surface area (Å²) in [6, 6.07) is 10.1. The Bertz CT molecular complexity index is 645. The Labute approximate surface area is 132 Å². The van der Waals surface area contributed by atoms with Gasteiger partial charge in [0.25, 0.3) is 5.91 Å². The Hall–Kier alpha value is -0.950. The molecule has 0 spiro atoms. The smallest absolute Gasteiger partial charge is 0.256 e. The fraction of sp³-hybridized carbons (Fsp3) is 0.0714. The molecule has 2 aromatic carbocycles. The highest BCUT2D eigenvalue weighted by molar-refractivity contribution is 14.1. The van der Waals surface area contributed by atoms with Gasteiger partial charge in [0.1, 0.15) is 5.82 Å². The average Bonchev–Trinajstić information content (AvgIpc) is 2.38. The molecule has 2 nitrogen and oxygen atoms in total. The molecule has 0 aliphatic carbocycles. The van der Waals surface area contributed by atoms with Crippen molar-refractivity contribution in [1.29, 1.82) is 0 Å². The van der Waals surface area contributed by atoms with Gasteiger partial charge in [-0.1, -0.05) is 6.07 Å². The van der Waals surface area contributed by atoms with Crippen molar-refractivity contribution in [3.05, 3.63) is 61.4 Å². The number of carbonyl (C=O) groups is 1. The summed E-state index contributed by atoms with van der Waals surface area (Å²) in [7, 11) is 0. The molecular formula is C14H10BrFINO. The molecule has 0 fully saturated rings. The van der Waals surface area contributed by atoms with Crippen LogP contribution in [0.3, 0.4) is 0 Å². The largest absolute Gasteiger partial charge is 0.322 e. The van der Waals surface area contributed by atoms with Gasteiger partial charge in [-0.25, -0.2) is 4.39 Å². The third-order valence-corrected chi connectivity index (χ3v) is 4.05. The number of hydrogen-bond acceptors (Lipinski definition) is 1. The monoisotopic (exact) mass is 433 g/mol. The van der Waals surface area contributed by atoms with E-state index in [1.807, 2.05) is 12.1 Å². The van der Waals surface area contributed by atoms with Gasteiger partial charge >= 0.3 is 0 Å². The topological polar surface area (TPSA) is 29.1 Å². The van der Waals surface area contributed by atoms with Crippen molar-refractivity contribution < 1.29 is 9.18 Å². The van der Waals surface area contributed by atoms with E-state index in [-0.39, 0.29) is 11.7 Å². The van der Waals surface area contributed by atoms with Gasteiger partial charge in [-0.3, -0.25) is 4.79 Å². The highest BCUT2D eigenvalue weighted by Gasteiger charge is 2.12. The molecule has 98 valence electrons. The maximum atomic E-state index is 13.4. The summed E-state index contributed by atoms with van der Waals surface area (Å²) in [5, 5.41) is 2.72. The maximum absolute atomic E-state index is 13.4. The minimum Gasteiger partial charge on any atom is -0.322 e. The first-order valence-corrected chi connectivity index (χ1v) is 7.37. The Morgan fingerprint density at radius 2 is 2.05 bits per heavy atom. The number of halogens is 3. The first-order valence-electron chi connectivity index (χ1n) is 5.50. The molecular weight excluding hydrogens is 424 g/mol. The molecule has 19 heavy (non-hydrogen) atoms. The van der Waals surface area contributed by atoms with Crippen molar-refractivity contribution in [3.8, 4) is 0 Å². The molecule has 2 aromatic rings. The number of carbonyl (C=O) groups excluding carboxylic acids is 1. The molecule has 0 heterocycles. The zero-order valence-corrected chi connectivity index (χ0v) is 13.7. The Balaban J connectivity index is 2.31. The summed E-state index contributed by atoms with van der Waals surface area (Å²) in [5.41, 5.74) is 1.43. The van der Waals surface area contributed by atoms with Gasteiger partial charge in [-0.15, -0.1) is 0 Å². The predicted octanol–water partition coefficient (Wildman–Crippen LogP) is 4.75. The van der Waals surface area contributed by atoms with Crippen LogP contribution in [-0.4, -0.2) is 5.91 Å². The molecule has 5 heteroatoms. The van der Waals surface area contributed by atoms with E-state index in [1.54, 1.807) is 25.1 Å². The summed E-state index contributed by atoms with van der Waals surface area (Å²) in [6.07, 6.45) is 0. The van der Waals surface area contributed by atoms with Crippen LogP contribution in [0, 0.1) is 16.3 Å². The lowest BCUT2D eigenvalue weighted by molar-refractivity contribution is 0.102. The molecule has 1 amide bonds. The molecule has 0 saturated carbocycles. The number of hydrogen-bond donors (Lipinski definition) is 1. The van der Waals surface area contributed by atoms with Crippen molar-refractivity contribution in [2.75, 3.05) is 5.32 Å². The SMILES string of the molecule is Cc1c(F)cccc1NC(=O)c1cc(I)ccc1Br. The Morgan fingerprint density at radius 3 is 2.79 bits per heavy atom. The van der Waals surface area contributed by atoms with Crippen LogP contribution < -0.4 is 5.32 Å². The molecule has 0 aromatic heterocycles. The number of anilines is 1. The molecule has 0 aliphatic heterocycles. The van der Waals surface area contributed by atoms with E-state index in [0.717, 1.165) is 3.57 Å². The zero-order valence-electron chi connectivity index (χ0n) is 10.0. The summed E-state index contributed by atoms with van der Waals surface area (Å²) in [4.78, 5) is 12.2. The van der Waals surface area contributed by atoms with Crippen LogP contribution in [0.1, 0.15) is 15.9 Å². The molecule has 0 saturated heterocycles. The van der Waals surface area contributed by atoms with E-state index in [2.05, 4.69) is 43.8 Å². The first kappa shape index (κ1) is 14.5. The molecule has 0 aliphatic rings. The van der Waals surface area contributed by atoms with Crippen LogP contribution >= 0.6 is 38.5 Å². The first-order chi connectivity index (χ1) is 8.99. The van der Waals surface area contributed by atoms with E-state index in [0.29, 0.717) is 21.3 Å². The molecule has 0 unspecified atom stereocenters. The summed E-state index contributed by atoms with van der Waals surface area (Å²) in [6.45, 7) is 1.63. The van der Waals surface area contributed by atoms with Crippen LogP contribution in [0.5, 0.6) is 0 Å². The number of rotatable bonds is 2. The summed E-state index contributed by atoms with van der Waals surface area (Å²) in [5.74, 6) is -0.599. The normalized spacial score (nSPS) is 10.3. The van der Waals surface area contributed by atoms with E-state index >= 15 is 0 Å². The van der Waals surface area contributed by atoms with Crippen molar-refractivity contribution in [2.24, 2.45) is 0 Å². The van der Waals surface area contributed by atoms with Crippen LogP contribution in [0.15, 0.2) is 40.9 Å². The fourth-order valence-corrected chi connectivity index (χ4v) is 2.52. The number of amides is 1. The fourth-order valence-electron chi connectivity index (χ4n) is 1.60. The quantitative estimate of drug-likeness (QED) is 0.680. The minimum absolute atomic E-state index is 0.265. The number of nitrogens with one attached hydrogen (secondary N) is 1. The van der Waals surface area contributed by atoms with Gasteiger partial charge < -0.3 is 5.32 Å². The number of benzene rings is 2. The lowest BCUT2D eigenvalue weighted by Crippen LogP contribution is -2.14. The lowest BCUT2D eigenvalue weighted by Gasteiger charge is -2.10. The standard InChI is InChI=1S/C14H10BrFINO/c1-8-12(16)3-2-4-13(8)18-14(19)10-7-9(17)5-6-11(10)15/h2-7H,1H3,(H,18,19). The highest BCUT2D eigenvalue weighted by atomic mass is 127. The second-order valence-corrected chi connectivity index (χ2v) is 6.09. The van der Waals surface area contributed by atoms with Gasteiger partial charge in [-0.05, 0) is 75.8 Å². The third-order valence-electron chi connectivity index (χ3n) is 2.69. The summed E-state index contributed by atoms with van der Waals surface area (Å²) < 4.78 is 15.1. The Kier molecular flexibility index (Phi) is 4.57. The van der Waals surface area contributed by atoms with Crippen LogP contribution in [0.2, 0.25) is 0 Å². The van der Waals surface area contributed by atoms with Gasteiger partial charge in [-0.2, -0.15) is 0 Å². The lowest BCUT2D eigenvalue weighted by atomic mass is 10.1. The van der Waals surface area contributed by atoms with Gasteiger partial charge in [0.2, 0.25) is 0 Å². The Morgan fingerprint density at radius 1 is 1.32 bits per heavy atom. The van der Waals surface area contributed by atoms with Crippen LogP contribution in [0.25, 0.3) is 0 Å². The highest BCUT2D eigenvalue weighted by Crippen LogP contribution is 2.23. The van der Waals surface area contributed by atoms with E-state index in [9.17, 15) is 9.18 Å². The predicted molar refractivity (Wildman–Crippen MR) is 85.9 cm³/mol. The van der Waals surface area contributed by atoms with Crippen molar-refractivity contribution in [1.82, 2.24) is 0 Å². The molecule has 0 radical (unpaired) electrons. The molecule has 0 atom stereocenters. The van der Waals surface area contributed by atoms with Crippen LogP contribution in [-0.2, 0) is 0 Å². The molecule has 0 bridgehead atoms. The second kappa shape index (κ2) is 6.00. The van der Waals surface area contributed by atoms with Crippen molar-refractivity contribution >= 4 is 50.1 Å². The van der Waals surface area contributed by atoms with E-state index in [1.165, 1.54) is 6.07 Å². The van der Waals surface area contributed by atoms with Crippen LogP contribution in [0.4, 0.5) is 10.1 Å². The maximum Gasteiger partial charge on any atom is 0.256 e. The van der Waals surface area contributed by atoms with Gasteiger partial charge in [0, 0.05) is 19.3 Å². The minimum atomic E-state index is -0.334. The van der Waals surface area contributed by atoms with Gasteiger partial charge in [0.05, 0.1) is 5.56 Å². The van der Waals surface area contributed by atoms with Crippen molar-refractivity contribution in [3.63, 3.8) is 0 Å². The average molecular weight is 434 g/mol. The second-order valence-electron chi connectivity index (χ2n) is 3.99. The van der Waals surface area contributed by atoms with E-state index < -0.39 is 0 Å². The zero-order chi connectivity index (χ0) is 14.0. The van der Waals surface area contributed by atoms with E-state index in [4.69, 9.17) is 0 Å².